The number of allylic oxidation sites excluding steroid dienone is 1. The minimum atomic E-state index is -0.559. The average molecular weight is 477 g/mol. The smallest absolute Gasteiger partial charge is 0.322 e. The van der Waals surface area contributed by atoms with E-state index in [0.29, 0.717) is 28.4 Å². The van der Waals surface area contributed by atoms with E-state index in [0.717, 1.165) is 10.4 Å². The van der Waals surface area contributed by atoms with Gasteiger partial charge in [-0.15, -0.1) is 11.3 Å². The predicted molar refractivity (Wildman–Crippen MR) is 126 cm³/mol. The molecule has 4 aromatic rings. The number of thiophene rings is 1. The van der Waals surface area contributed by atoms with E-state index in [9.17, 15) is 9.18 Å². The molecule has 34 heavy (non-hydrogen) atoms. The standard InChI is InChI=1S/C25H21FN4O3S/c1-15-21(24-28-23(29-33-24)20-11-6-12-34-20)22(16-8-5-9-18(13-16)32-2)27-25(31)30(15)14-17-7-3-4-10-19(17)26/h3-13,22H,14H2,1-2H3,(H,27,31). The number of ether oxygens (including phenoxy) is 1. The van der Waals surface area contributed by atoms with E-state index in [4.69, 9.17) is 9.26 Å². The number of hydrogen-bond donors (Lipinski definition) is 1. The molecular formula is C25H21FN4O3S. The molecule has 3 heterocycles. The summed E-state index contributed by atoms with van der Waals surface area (Å²) in [5, 5.41) is 9.11. The van der Waals surface area contributed by atoms with Crippen molar-refractivity contribution < 1.29 is 18.4 Å². The number of hydrogen-bond acceptors (Lipinski definition) is 6. The fourth-order valence-corrected chi connectivity index (χ4v) is 4.60. The summed E-state index contributed by atoms with van der Waals surface area (Å²) in [7, 11) is 1.59. The van der Waals surface area contributed by atoms with Crippen LogP contribution in [0.4, 0.5) is 9.18 Å². The molecule has 172 valence electrons. The second kappa shape index (κ2) is 9.11. The molecule has 0 bridgehead atoms. The normalized spacial score (nSPS) is 16.0. The van der Waals surface area contributed by atoms with Crippen molar-refractivity contribution in [2.24, 2.45) is 0 Å². The molecule has 0 saturated carbocycles. The van der Waals surface area contributed by atoms with Gasteiger partial charge >= 0.3 is 6.03 Å². The molecule has 1 unspecified atom stereocenters. The topological polar surface area (TPSA) is 80.5 Å². The lowest BCUT2D eigenvalue weighted by Crippen LogP contribution is -2.45. The van der Waals surface area contributed by atoms with Crippen molar-refractivity contribution in [3.63, 3.8) is 0 Å². The van der Waals surface area contributed by atoms with Crippen LogP contribution in [0.2, 0.25) is 0 Å². The molecule has 2 amide bonds. The number of nitrogens with zero attached hydrogens (tertiary/aromatic N) is 3. The van der Waals surface area contributed by atoms with Crippen LogP contribution in [0.25, 0.3) is 16.3 Å². The maximum absolute atomic E-state index is 14.4. The maximum atomic E-state index is 14.4. The van der Waals surface area contributed by atoms with Crippen molar-refractivity contribution >= 4 is 22.9 Å². The number of benzene rings is 2. The SMILES string of the molecule is COc1cccc(C2NC(=O)N(Cc3ccccc3F)C(C)=C2c2nc(-c3cccs3)no2)c1. The van der Waals surface area contributed by atoms with Crippen molar-refractivity contribution in [3.8, 4) is 16.5 Å². The van der Waals surface area contributed by atoms with Gasteiger partial charge in [0.15, 0.2) is 0 Å². The summed E-state index contributed by atoms with van der Waals surface area (Å²) >= 11 is 1.50. The number of aromatic nitrogens is 2. The fourth-order valence-electron chi connectivity index (χ4n) is 3.96. The number of amides is 2. The van der Waals surface area contributed by atoms with Crippen molar-refractivity contribution in [1.82, 2.24) is 20.4 Å². The van der Waals surface area contributed by atoms with Gasteiger partial charge in [0.1, 0.15) is 11.6 Å². The van der Waals surface area contributed by atoms with E-state index >= 15 is 0 Å². The van der Waals surface area contributed by atoms with E-state index in [1.807, 2.05) is 41.8 Å². The van der Waals surface area contributed by atoms with Crippen molar-refractivity contribution in [3.05, 3.63) is 94.6 Å². The van der Waals surface area contributed by atoms with E-state index in [2.05, 4.69) is 15.5 Å². The van der Waals surface area contributed by atoms with Crippen LogP contribution in [0.15, 0.2) is 76.3 Å². The Bertz CT molecular complexity index is 1370. The lowest BCUT2D eigenvalue weighted by atomic mass is 9.94. The number of carbonyl (C=O) groups is 1. The quantitative estimate of drug-likeness (QED) is 0.389. The molecule has 0 aliphatic carbocycles. The Kier molecular flexibility index (Phi) is 5.85. The largest absolute Gasteiger partial charge is 0.497 e. The number of carbonyl (C=O) groups excluding carboxylic acids is 1. The van der Waals surface area contributed by atoms with Crippen molar-refractivity contribution in [2.75, 3.05) is 7.11 Å². The highest BCUT2D eigenvalue weighted by Crippen LogP contribution is 2.39. The zero-order chi connectivity index (χ0) is 23.7. The summed E-state index contributed by atoms with van der Waals surface area (Å²) in [6.07, 6.45) is 0. The average Bonchev–Trinajstić information content (AvgIpc) is 3.55. The molecule has 1 aliphatic rings. The second-order valence-electron chi connectivity index (χ2n) is 7.74. The Balaban J connectivity index is 1.62. The molecule has 0 fully saturated rings. The van der Waals surface area contributed by atoms with E-state index < -0.39 is 6.04 Å². The summed E-state index contributed by atoms with van der Waals surface area (Å²) in [5.41, 5.74) is 2.44. The molecule has 0 spiro atoms. The molecule has 2 aromatic carbocycles. The highest BCUT2D eigenvalue weighted by atomic mass is 32.1. The van der Waals surface area contributed by atoms with Crippen molar-refractivity contribution in [2.45, 2.75) is 19.5 Å². The summed E-state index contributed by atoms with van der Waals surface area (Å²) < 4.78 is 25.4. The Labute approximate surface area is 199 Å². The minimum absolute atomic E-state index is 0.0601. The van der Waals surface area contributed by atoms with Crippen LogP contribution in [0, 0.1) is 5.82 Å². The van der Waals surface area contributed by atoms with Gasteiger partial charge in [-0.3, -0.25) is 4.90 Å². The number of halogens is 1. The van der Waals surface area contributed by atoms with Gasteiger partial charge < -0.3 is 14.6 Å². The third-order valence-corrected chi connectivity index (χ3v) is 6.57. The summed E-state index contributed by atoms with van der Waals surface area (Å²) in [6.45, 7) is 1.86. The van der Waals surface area contributed by atoms with Gasteiger partial charge in [-0.1, -0.05) is 41.6 Å². The highest BCUT2D eigenvalue weighted by Gasteiger charge is 2.36. The Morgan fingerprint density at radius 3 is 2.79 bits per heavy atom. The number of methoxy groups -OCH3 is 1. The van der Waals surface area contributed by atoms with Crippen LogP contribution in [0.3, 0.4) is 0 Å². The van der Waals surface area contributed by atoms with Crippen LogP contribution >= 0.6 is 11.3 Å². The van der Waals surface area contributed by atoms with Crippen molar-refractivity contribution in [1.29, 1.82) is 0 Å². The highest BCUT2D eigenvalue weighted by molar-refractivity contribution is 7.13. The number of urea groups is 1. The first kappa shape index (κ1) is 21.8. The van der Waals surface area contributed by atoms with Crippen LogP contribution in [-0.4, -0.2) is 28.2 Å². The van der Waals surface area contributed by atoms with Gasteiger partial charge in [0.25, 0.3) is 5.89 Å². The van der Waals surface area contributed by atoms with Gasteiger partial charge in [0.2, 0.25) is 5.82 Å². The van der Waals surface area contributed by atoms with Gasteiger partial charge in [0, 0.05) is 11.3 Å². The second-order valence-corrected chi connectivity index (χ2v) is 8.68. The molecule has 2 aromatic heterocycles. The third-order valence-electron chi connectivity index (χ3n) is 5.71. The van der Waals surface area contributed by atoms with Gasteiger partial charge in [-0.2, -0.15) is 4.98 Å². The molecule has 1 aliphatic heterocycles. The van der Waals surface area contributed by atoms with E-state index in [1.54, 1.807) is 32.2 Å². The minimum Gasteiger partial charge on any atom is -0.497 e. The molecule has 9 heteroatoms. The number of rotatable bonds is 6. The predicted octanol–water partition coefficient (Wildman–Crippen LogP) is 5.64. The third kappa shape index (κ3) is 4.06. The lowest BCUT2D eigenvalue weighted by Gasteiger charge is -2.35. The van der Waals surface area contributed by atoms with Crippen LogP contribution in [0.1, 0.15) is 30.0 Å². The summed E-state index contributed by atoms with van der Waals surface area (Å²) in [4.78, 5) is 20.2. The number of nitrogens with one attached hydrogen (secondary N) is 1. The fraction of sp³-hybridized carbons (Fsp3) is 0.160. The molecule has 1 atom stereocenters. The Morgan fingerprint density at radius 1 is 1.18 bits per heavy atom. The van der Waals surface area contributed by atoms with Crippen LogP contribution in [0.5, 0.6) is 5.75 Å². The van der Waals surface area contributed by atoms with Crippen LogP contribution < -0.4 is 10.1 Å². The zero-order valence-corrected chi connectivity index (χ0v) is 19.3. The first-order valence-electron chi connectivity index (χ1n) is 10.6. The molecule has 0 saturated heterocycles. The molecule has 1 N–H and O–H groups in total. The van der Waals surface area contributed by atoms with E-state index in [1.165, 1.54) is 22.3 Å². The summed E-state index contributed by atoms with van der Waals surface area (Å²) in [6, 6.07) is 16.7. The first-order chi connectivity index (χ1) is 16.5. The monoisotopic (exact) mass is 476 g/mol. The van der Waals surface area contributed by atoms with Gasteiger partial charge in [0.05, 0.1) is 30.1 Å². The van der Waals surface area contributed by atoms with Gasteiger partial charge in [-0.25, -0.2) is 9.18 Å². The molecular weight excluding hydrogens is 455 g/mol. The van der Waals surface area contributed by atoms with E-state index in [-0.39, 0.29) is 24.3 Å². The maximum Gasteiger partial charge on any atom is 0.322 e. The Hall–Kier alpha value is -3.98. The lowest BCUT2D eigenvalue weighted by molar-refractivity contribution is 0.202. The molecule has 5 rings (SSSR count). The Morgan fingerprint density at radius 2 is 2.03 bits per heavy atom. The molecule has 0 radical (unpaired) electrons. The van der Waals surface area contributed by atoms with Gasteiger partial charge in [-0.05, 0) is 42.1 Å². The van der Waals surface area contributed by atoms with Crippen LogP contribution in [-0.2, 0) is 6.54 Å². The molecule has 7 nitrogen and oxygen atoms in total. The zero-order valence-electron chi connectivity index (χ0n) is 18.5. The summed E-state index contributed by atoms with van der Waals surface area (Å²) in [5.74, 6) is 1.03. The first-order valence-corrected chi connectivity index (χ1v) is 11.5.